The number of nitrogens with one attached hydrogen (secondary N) is 1. The van der Waals surface area contributed by atoms with Crippen LogP contribution in [-0.2, 0) is 0 Å². The van der Waals surface area contributed by atoms with E-state index < -0.39 is 0 Å². The van der Waals surface area contributed by atoms with Gasteiger partial charge in [0.1, 0.15) is 11.4 Å². The van der Waals surface area contributed by atoms with Crippen molar-refractivity contribution >= 4 is 27.4 Å². The zero-order valence-corrected chi connectivity index (χ0v) is 17.7. The van der Waals surface area contributed by atoms with Crippen LogP contribution in [0.15, 0.2) is 23.6 Å². The monoisotopic (exact) mass is 397 g/mol. The number of aromatic nitrogens is 3. The predicted octanol–water partition coefficient (Wildman–Crippen LogP) is 4.44. The number of phenols is 1. The highest BCUT2D eigenvalue weighted by Gasteiger charge is 2.28. The van der Waals surface area contributed by atoms with Crippen molar-refractivity contribution in [2.24, 2.45) is 0 Å². The largest absolute Gasteiger partial charge is 0.507 e. The molecule has 1 aromatic carbocycles. The van der Waals surface area contributed by atoms with Crippen LogP contribution in [0, 0.1) is 6.92 Å². The summed E-state index contributed by atoms with van der Waals surface area (Å²) < 4.78 is 1.05. The zero-order chi connectivity index (χ0) is 19.9. The third-order valence-electron chi connectivity index (χ3n) is 5.43. The van der Waals surface area contributed by atoms with E-state index in [2.05, 4.69) is 46.2 Å². The van der Waals surface area contributed by atoms with Gasteiger partial charge in [-0.15, -0.1) is 21.5 Å². The number of aromatic hydroxyl groups is 1. The molecule has 1 aliphatic heterocycles. The van der Waals surface area contributed by atoms with E-state index in [0.29, 0.717) is 23.2 Å². The number of anilines is 1. The van der Waals surface area contributed by atoms with Crippen molar-refractivity contribution in [3.05, 3.63) is 29.3 Å². The molecule has 1 saturated heterocycles. The van der Waals surface area contributed by atoms with Crippen LogP contribution >= 0.6 is 11.3 Å². The summed E-state index contributed by atoms with van der Waals surface area (Å²) in [5, 5.41) is 25.6. The number of hydrogen-bond acceptors (Lipinski definition) is 7. The van der Waals surface area contributed by atoms with Crippen LogP contribution in [-0.4, -0.2) is 49.9 Å². The van der Waals surface area contributed by atoms with Gasteiger partial charge in [-0.3, -0.25) is 4.90 Å². The summed E-state index contributed by atoms with van der Waals surface area (Å²) in [6, 6.07) is 6.14. The van der Waals surface area contributed by atoms with E-state index in [-0.39, 0.29) is 11.3 Å². The molecule has 6 nitrogen and oxygen atoms in total. The Labute approximate surface area is 169 Å². The Bertz CT molecular complexity index is 994. The average molecular weight is 398 g/mol. The highest BCUT2D eigenvalue weighted by Crippen LogP contribution is 2.37. The Kier molecular flexibility index (Phi) is 4.97. The van der Waals surface area contributed by atoms with Gasteiger partial charge in [-0.2, -0.15) is 0 Å². The molecule has 0 bridgehead atoms. The van der Waals surface area contributed by atoms with Gasteiger partial charge in [0.2, 0.25) is 5.95 Å². The number of rotatable bonds is 3. The minimum Gasteiger partial charge on any atom is -0.507 e. The fourth-order valence-corrected chi connectivity index (χ4v) is 4.61. The molecule has 1 atom stereocenters. The molecule has 148 valence electrons. The van der Waals surface area contributed by atoms with Gasteiger partial charge < -0.3 is 10.4 Å². The molecule has 0 unspecified atom stereocenters. The van der Waals surface area contributed by atoms with E-state index in [0.717, 1.165) is 41.7 Å². The Balaban J connectivity index is 1.55. The number of likely N-dealkylation sites (tertiary alicyclic amines) is 1. The van der Waals surface area contributed by atoms with Gasteiger partial charge in [-0.1, -0.05) is 0 Å². The summed E-state index contributed by atoms with van der Waals surface area (Å²) >= 11 is 1.61. The summed E-state index contributed by atoms with van der Waals surface area (Å²) in [5.74, 6) is 0.796. The number of phenolic OH excluding ortho intramolecular Hbond substituents is 1. The van der Waals surface area contributed by atoms with Crippen LogP contribution in [0.4, 0.5) is 5.95 Å². The summed E-state index contributed by atoms with van der Waals surface area (Å²) in [6.07, 6.45) is 2.26. The Morgan fingerprint density at radius 1 is 1.21 bits per heavy atom. The number of fused-ring (bicyclic) bond motifs is 1. The number of aryl methyl sites for hydroxylation is 1. The molecule has 0 aliphatic carbocycles. The molecule has 1 aliphatic rings. The predicted molar refractivity (Wildman–Crippen MR) is 115 cm³/mol. The molecule has 3 heterocycles. The number of piperidine rings is 1. The highest BCUT2D eigenvalue weighted by atomic mass is 32.1. The molecular weight excluding hydrogens is 370 g/mol. The Hall–Kier alpha value is -2.25. The lowest BCUT2D eigenvalue weighted by atomic mass is 9.98. The Morgan fingerprint density at radius 2 is 2.04 bits per heavy atom. The quantitative estimate of drug-likeness (QED) is 0.680. The van der Waals surface area contributed by atoms with Crippen molar-refractivity contribution in [2.75, 3.05) is 18.4 Å². The molecule has 2 N–H and O–H groups in total. The van der Waals surface area contributed by atoms with Gasteiger partial charge in [0.05, 0.1) is 5.69 Å². The van der Waals surface area contributed by atoms with Gasteiger partial charge in [0.15, 0.2) is 0 Å². The minimum absolute atomic E-state index is 0.164. The van der Waals surface area contributed by atoms with Crippen LogP contribution in [0.25, 0.3) is 21.3 Å². The number of thiophene rings is 1. The van der Waals surface area contributed by atoms with Gasteiger partial charge >= 0.3 is 0 Å². The summed E-state index contributed by atoms with van der Waals surface area (Å²) in [7, 11) is 0. The second-order valence-electron chi connectivity index (χ2n) is 8.46. The van der Waals surface area contributed by atoms with Crippen molar-refractivity contribution in [2.45, 2.75) is 52.1 Å². The van der Waals surface area contributed by atoms with Crippen molar-refractivity contribution in [1.82, 2.24) is 20.1 Å². The number of benzene rings is 1. The maximum absolute atomic E-state index is 10.6. The fraction of sp³-hybridized carbons (Fsp3) is 0.476. The van der Waals surface area contributed by atoms with E-state index in [9.17, 15) is 5.11 Å². The van der Waals surface area contributed by atoms with E-state index in [4.69, 9.17) is 0 Å². The fourth-order valence-electron chi connectivity index (χ4n) is 3.82. The minimum atomic E-state index is 0.164. The van der Waals surface area contributed by atoms with Crippen LogP contribution in [0.2, 0.25) is 0 Å². The number of nitrogens with zero attached hydrogens (tertiary/aromatic N) is 4. The van der Waals surface area contributed by atoms with Crippen molar-refractivity contribution < 1.29 is 5.11 Å². The van der Waals surface area contributed by atoms with Gasteiger partial charge in [-0.25, -0.2) is 4.98 Å². The van der Waals surface area contributed by atoms with Crippen LogP contribution in [0.5, 0.6) is 5.75 Å². The maximum Gasteiger partial charge on any atom is 0.243 e. The first-order chi connectivity index (χ1) is 13.3. The second kappa shape index (κ2) is 7.29. The van der Waals surface area contributed by atoms with Crippen molar-refractivity contribution in [3.8, 4) is 17.0 Å². The van der Waals surface area contributed by atoms with Gasteiger partial charge in [-0.05, 0) is 70.7 Å². The molecule has 3 aromatic rings. The van der Waals surface area contributed by atoms with E-state index in [1.807, 2.05) is 30.5 Å². The lowest BCUT2D eigenvalue weighted by Gasteiger charge is -2.41. The second-order valence-corrected chi connectivity index (χ2v) is 9.41. The molecule has 0 saturated carbocycles. The lowest BCUT2D eigenvalue weighted by Crippen LogP contribution is -2.50. The third kappa shape index (κ3) is 3.69. The molecule has 28 heavy (non-hydrogen) atoms. The summed E-state index contributed by atoms with van der Waals surface area (Å²) in [5.41, 5.74) is 2.21. The molecule has 0 spiro atoms. The molecule has 1 fully saturated rings. The average Bonchev–Trinajstić information content (AvgIpc) is 3.12. The first-order valence-corrected chi connectivity index (χ1v) is 10.6. The highest BCUT2D eigenvalue weighted by molar-refractivity contribution is 7.17. The zero-order valence-electron chi connectivity index (χ0n) is 16.9. The van der Waals surface area contributed by atoms with Crippen molar-refractivity contribution in [1.29, 1.82) is 0 Å². The van der Waals surface area contributed by atoms with E-state index in [1.54, 1.807) is 11.3 Å². The summed E-state index contributed by atoms with van der Waals surface area (Å²) in [6.45, 7) is 10.8. The first-order valence-electron chi connectivity index (χ1n) is 9.75. The molecule has 2 aromatic heterocycles. The normalized spacial score (nSPS) is 18.5. The lowest BCUT2D eigenvalue weighted by molar-refractivity contribution is 0.104. The van der Waals surface area contributed by atoms with Gasteiger partial charge in [0, 0.05) is 33.8 Å². The van der Waals surface area contributed by atoms with Crippen LogP contribution in [0.3, 0.4) is 0 Å². The van der Waals surface area contributed by atoms with Crippen LogP contribution < -0.4 is 5.32 Å². The first kappa shape index (κ1) is 19.1. The topological polar surface area (TPSA) is 74.2 Å². The van der Waals surface area contributed by atoms with Crippen molar-refractivity contribution in [3.63, 3.8) is 0 Å². The summed E-state index contributed by atoms with van der Waals surface area (Å²) in [4.78, 5) is 7.12. The molecule has 4 rings (SSSR count). The van der Waals surface area contributed by atoms with Crippen LogP contribution in [0.1, 0.15) is 39.3 Å². The molecular formula is C21H27N5OS. The molecule has 0 radical (unpaired) electrons. The third-order valence-corrected chi connectivity index (χ3v) is 6.31. The van der Waals surface area contributed by atoms with E-state index in [1.165, 1.54) is 0 Å². The van der Waals surface area contributed by atoms with Gasteiger partial charge in [0.25, 0.3) is 0 Å². The SMILES string of the molecule is Cc1nc(N[C@@H]2CCCN(C(C)(C)C)C2)nnc1-c1ccc2sccc2c1O. The maximum atomic E-state index is 10.6. The standard InChI is InChI=1S/C21H27N5OS/c1-13-18(16-7-8-17-15(19(16)27)9-11-28-17)24-25-20(22-13)23-14-6-5-10-26(12-14)21(2,3)4/h7-9,11,14,27H,5-6,10,12H2,1-4H3,(H,22,23,25)/t14-/m1/s1. The van der Waals surface area contributed by atoms with E-state index >= 15 is 0 Å². The Morgan fingerprint density at radius 3 is 2.79 bits per heavy atom. The smallest absolute Gasteiger partial charge is 0.243 e. The molecule has 7 heteroatoms. The molecule has 0 amide bonds. The number of hydrogen-bond donors (Lipinski definition) is 2.